The first-order valence-electron chi connectivity index (χ1n) is 10.7. The summed E-state index contributed by atoms with van der Waals surface area (Å²) >= 11 is 0. The molecule has 1 amide bonds. The van der Waals surface area contributed by atoms with Crippen LogP contribution < -0.4 is 15.1 Å². The van der Waals surface area contributed by atoms with E-state index in [4.69, 9.17) is 19.9 Å². The number of benzene rings is 1. The van der Waals surface area contributed by atoms with Crippen molar-refractivity contribution in [3.05, 3.63) is 30.6 Å². The highest BCUT2D eigenvalue weighted by atomic mass is 16.5. The summed E-state index contributed by atoms with van der Waals surface area (Å²) < 4.78 is 7.88. The largest absolute Gasteiger partial charge is 0.494 e. The van der Waals surface area contributed by atoms with Gasteiger partial charge in [-0.3, -0.25) is 10.0 Å². The molecule has 4 rings (SSSR count). The van der Waals surface area contributed by atoms with E-state index in [2.05, 4.69) is 28.3 Å². The van der Waals surface area contributed by atoms with Crippen molar-refractivity contribution in [2.24, 2.45) is 0 Å². The van der Waals surface area contributed by atoms with Crippen molar-refractivity contribution < 1.29 is 14.7 Å². The predicted molar refractivity (Wildman–Crippen MR) is 117 cm³/mol. The average molecular weight is 425 g/mol. The zero-order valence-corrected chi connectivity index (χ0v) is 17.9. The third-order valence-corrected chi connectivity index (χ3v) is 5.40. The average Bonchev–Trinajstić information content (AvgIpc) is 3.46. The van der Waals surface area contributed by atoms with Gasteiger partial charge in [0.2, 0.25) is 11.9 Å². The number of carbonyl (C=O) groups excluding carboxylic acids is 1. The van der Waals surface area contributed by atoms with Gasteiger partial charge in [-0.25, -0.2) is 15.4 Å². The maximum absolute atomic E-state index is 11.1. The molecule has 1 fully saturated rings. The molecule has 2 N–H and O–H groups in total. The Labute approximate surface area is 181 Å². The molecule has 2 aromatic heterocycles. The number of carbonyl (C=O) groups is 1. The number of aromatic nitrogens is 4. The molecule has 0 bridgehead atoms. The van der Waals surface area contributed by atoms with Crippen LogP contribution in [0, 0.1) is 0 Å². The van der Waals surface area contributed by atoms with Gasteiger partial charge in [-0.05, 0) is 45.2 Å². The Morgan fingerprint density at radius 1 is 1.26 bits per heavy atom. The second kappa shape index (κ2) is 9.30. The normalized spacial score (nSPS) is 13.9. The van der Waals surface area contributed by atoms with Crippen LogP contribution in [0.5, 0.6) is 5.75 Å². The molecule has 0 unspecified atom stereocenters. The van der Waals surface area contributed by atoms with Gasteiger partial charge in [0.05, 0.1) is 12.9 Å². The minimum Gasteiger partial charge on any atom is -0.494 e. The summed E-state index contributed by atoms with van der Waals surface area (Å²) in [6.45, 7) is 6.53. The quantitative estimate of drug-likeness (QED) is 0.325. The van der Waals surface area contributed by atoms with Gasteiger partial charge in [-0.1, -0.05) is 12.1 Å². The summed E-state index contributed by atoms with van der Waals surface area (Å²) in [4.78, 5) is 27.7. The van der Waals surface area contributed by atoms with Crippen molar-refractivity contribution in [3.63, 3.8) is 0 Å². The number of rotatable bonds is 8. The summed E-state index contributed by atoms with van der Waals surface area (Å²) in [7, 11) is 0. The van der Waals surface area contributed by atoms with Crippen molar-refractivity contribution in [2.75, 3.05) is 24.6 Å². The van der Waals surface area contributed by atoms with E-state index in [0.717, 1.165) is 54.3 Å². The maximum Gasteiger partial charge on any atom is 0.243 e. The van der Waals surface area contributed by atoms with E-state index in [9.17, 15) is 4.79 Å². The molecule has 1 aromatic carbocycles. The Kier molecular flexibility index (Phi) is 6.31. The van der Waals surface area contributed by atoms with Gasteiger partial charge in [0.15, 0.2) is 5.65 Å². The highest BCUT2D eigenvalue weighted by Gasteiger charge is 2.21. The van der Waals surface area contributed by atoms with Crippen LogP contribution in [0.15, 0.2) is 30.6 Å². The smallest absolute Gasteiger partial charge is 0.243 e. The molecule has 0 spiro atoms. The molecule has 0 atom stereocenters. The molecule has 0 aliphatic carbocycles. The summed E-state index contributed by atoms with van der Waals surface area (Å²) in [6, 6.07) is 7.98. The third-order valence-electron chi connectivity index (χ3n) is 5.40. The Morgan fingerprint density at radius 3 is 2.81 bits per heavy atom. The minimum atomic E-state index is -0.420. The van der Waals surface area contributed by atoms with Crippen LogP contribution in [0.2, 0.25) is 0 Å². The number of hydrogen-bond acceptors (Lipinski definition) is 7. The number of fused-ring (bicyclic) bond motifs is 1. The van der Waals surface area contributed by atoms with Gasteiger partial charge in [-0.15, -0.1) is 0 Å². The molecule has 0 saturated carbocycles. The molecular weight excluding hydrogens is 396 g/mol. The van der Waals surface area contributed by atoms with Gasteiger partial charge in [0, 0.05) is 31.1 Å². The SMILES string of the molecule is CC(C)n1cnc2c(-c3cccc(OCCCC(=O)NO)c3)nc(N3CCCC3)nc21. The van der Waals surface area contributed by atoms with Crippen LogP contribution in [0.1, 0.15) is 45.6 Å². The van der Waals surface area contributed by atoms with E-state index in [1.165, 1.54) is 0 Å². The second-order valence-electron chi connectivity index (χ2n) is 8.00. The Hall–Kier alpha value is -3.20. The number of nitrogens with zero attached hydrogens (tertiary/aromatic N) is 5. The lowest BCUT2D eigenvalue weighted by atomic mass is 10.1. The highest BCUT2D eigenvalue weighted by molar-refractivity contribution is 5.88. The summed E-state index contributed by atoms with van der Waals surface area (Å²) in [5, 5.41) is 8.57. The number of ether oxygens (including phenoxy) is 1. The minimum absolute atomic E-state index is 0.203. The number of imidazole rings is 1. The van der Waals surface area contributed by atoms with E-state index in [-0.39, 0.29) is 12.5 Å². The van der Waals surface area contributed by atoms with Crippen LogP contribution in [0.25, 0.3) is 22.4 Å². The maximum atomic E-state index is 11.1. The first-order valence-corrected chi connectivity index (χ1v) is 10.7. The van der Waals surface area contributed by atoms with Crippen molar-refractivity contribution in [1.82, 2.24) is 25.0 Å². The van der Waals surface area contributed by atoms with Crippen LogP contribution in [-0.4, -0.2) is 50.3 Å². The van der Waals surface area contributed by atoms with Crippen LogP contribution in [0.3, 0.4) is 0 Å². The summed E-state index contributed by atoms with van der Waals surface area (Å²) in [5.41, 5.74) is 4.93. The fourth-order valence-electron chi connectivity index (χ4n) is 3.75. The van der Waals surface area contributed by atoms with Gasteiger partial charge in [0.25, 0.3) is 0 Å². The molecule has 31 heavy (non-hydrogen) atoms. The lowest BCUT2D eigenvalue weighted by molar-refractivity contribution is -0.129. The van der Waals surface area contributed by atoms with E-state index >= 15 is 0 Å². The Morgan fingerprint density at radius 2 is 2.06 bits per heavy atom. The fourth-order valence-corrected chi connectivity index (χ4v) is 3.75. The van der Waals surface area contributed by atoms with Gasteiger partial charge in [0.1, 0.15) is 17.0 Å². The lowest BCUT2D eigenvalue weighted by Gasteiger charge is -2.17. The summed E-state index contributed by atoms with van der Waals surface area (Å²) in [6.07, 6.45) is 4.84. The van der Waals surface area contributed by atoms with Crippen molar-refractivity contribution in [2.45, 2.75) is 45.6 Å². The monoisotopic (exact) mass is 424 g/mol. The molecule has 1 aliphatic rings. The molecule has 0 radical (unpaired) electrons. The van der Waals surface area contributed by atoms with E-state index in [1.54, 1.807) is 5.48 Å². The van der Waals surface area contributed by atoms with Crippen LogP contribution in [-0.2, 0) is 4.79 Å². The first-order chi connectivity index (χ1) is 15.1. The predicted octanol–water partition coefficient (Wildman–Crippen LogP) is 3.34. The number of amides is 1. The van der Waals surface area contributed by atoms with Gasteiger partial charge >= 0.3 is 0 Å². The second-order valence-corrected chi connectivity index (χ2v) is 8.00. The number of anilines is 1. The number of hydrogen-bond donors (Lipinski definition) is 2. The molecule has 9 nitrogen and oxygen atoms in total. The standard InChI is InChI=1S/C22H28N6O3/c1-15(2)28-14-23-20-19(24-22(25-21(20)28)27-10-3-4-11-27)16-7-5-8-17(13-16)31-12-6-9-18(29)26-30/h5,7-8,13-15,30H,3-4,6,9-12H2,1-2H3,(H,26,29). The molecule has 1 aliphatic heterocycles. The van der Waals surface area contributed by atoms with E-state index in [0.29, 0.717) is 18.8 Å². The Bertz CT molecular complexity index is 1060. The number of nitrogens with one attached hydrogen (secondary N) is 1. The van der Waals surface area contributed by atoms with Crippen LogP contribution in [0.4, 0.5) is 5.95 Å². The van der Waals surface area contributed by atoms with Gasteiger partial charge in [-0.2, -0.15) is 4.98 Å². The van der Waals surface area contributed by atoms with Crippen molar-refractivity contribution in [3.8, 4) is 17.0 Å². The first kappa shape index (κ1) is 21.0. The number of hydroxylamine groups is 1. The molecule has 9 heteroatoms. The zero-order chi connectivity index (χ0) is 21.8. The van der Waals surface area contributed by atoms with Crippen molar-refractivity contribution in [1.29, 1.82) is 0 Å². The zero-order valence-electron chi connectivity index (χ0n) is 17.9. The fraction of sp³-hybridized carbons (Fsp3) is 0.455. The van der Waals surface area contributed by atoms with E-state index < -0.39 is 5.91 Å². The third kappa shape index (κ3) is 4.61. The van der Waals surface area contributed by atoms with E-state index in [1.807, 2.05) is 30.6 Å². The lowest BCUT2D eigenvalue weighted by Crippen LogP contribution is -2.21. The van der Waals surface area contributed by atoms with Crippen molar-refractivity contribution >= 4 is 23.0 Å². The molecule has 164 valence electrons. The molecule has 3 aromatic rings. The van der Waals surface area contributed by atoms with Gasteiger partial charge < -0.3 is 14.2 Å². The highest BCUT2D eigenvalue weighted by Crippen LogP contribution is 2.31. The topological polar surface area (TPSA) is 105 Å². The molecule has 1 saturated heterocycles. The van der Waals surface area contributed by atoms with Crippen LogP contribution >= 0.6 is 0 Å². The Balaban J connectivity index is 1.66. The molecular formula is C22H28N6O3. The molecule has 3 heterocycles. The summed E-state index contributed by atoms with van der Waals surface area (Å²) in [5.74, 6) is 1.01.